The van der Waals surface area contributed by atoms with Crippen molar-refractivity contribution in [3.05, 3.63) is 36.0 Å². The number of aryl methyl sites for hydroxylation is 1. The highest BCUT2D eigenvalue weighted by atomic mass is 16.4. The Labute approximate surface area is 126 Å². The number of nitrogens with two attached hydrogens (primary N) is 1. The van der Waals surface area contributed by atoms with Crippen molar-refractivity contribution in [3.63, 3.8) is 0 Å². The standard InChI is InChI=1S/C15H18N2O5/c16-11(13(18)19)7-15(22,14(20)21)6-5-9-8-17-12-4-2-1-3-10(9)12/h1-4,8,11,17,22H,5-7,16H2,(H,18,19)(H,20,21). The van der Waals surface area contributed by atoms with E-state index in [0.29, 0.717) is 6.42 Å². The van der Waals surface area contributed by atoms with E-state index in [9.17, 15) is 19.8 Å². The molecule has 0 amide bonds. The van der Waals surface area contributed by atoms with Crippen LogP contribution in [0.1, 0.15) is 18.4 Å². The third kappa shape index (κ3) is 3.26. The number of H-pyrrole nitrogens is 1. The minimum atomic E-state index is -2.17. The third-order valence-corrected chi connectivity index (χ3v) is 3.76. The maximum atomic E-state index is 11.3. The van der Waals surface area contributed by atoms with Crippen LogP contribution in [0.4, 0.5) is 0 Å². The van der Waals surface area contributed by atoms with E-state index < -0.39 is 30.0 Å². The quantitative estimate of drug-likeness (QED) is 0.511. The average molecular weight is 306 g/mol. The summed E-state index contributed by atoms with van der Waals surface area (Å²) in [7, 11) is 0. The number of rotatable bonds is 7. The van der Waals surface area contributed by atoms with Crippen molar-refractivity contribution < 1.29 is 24.9 Å². The monoisotopic (exact) mass is 306 g/mol. The van der Waals surface area contributed by atoms with Gasteiger partial charge in [-0.25, -0.2) is 4.79 Å². The highest BCUT2D eigenvalue weighted by Crippen LogP contribution is 2.24. The molecule has 6 N–H and O–H groups in total. The third-order valence-electron chi connectivity index (χ3n) is 3.76. The first-order chi connectivity index (χ1) is 10.3. The van der Waals surface area contributed by atoms with Crippen molar-refractivity contribution >= 4 is 22.8 Å². The topological polar surface area (TPSA) is 137 Å². The summed E-state index contributed by atoms with van der Waals surface area (Å²) in [4.78, 5) is 25.1. The minimum absolute atomic E-state index is 0.120. The van der Waals surface area contributed by atoms with Crippen LogP contribution < -0.4 is 5.73 Å². The van der Waals surface area contributed by atoms with E-state index in [4.69, 9.17) is 10.8 Å². The SMILES string of the molecule is NC(CC(O)(CCc1c[nH]c2ccccc12)C(=O)O)C(=O)O. The van der Waals surface area contributed by atoms with Crippen LogP contribution in [0.3, 0.4) is 0 Å². The van der Waals surface area contributed by atoms with E-state index in [2.05, 4.69) is 4.98 Å². The molecule has 0 saturated carbocycles. The smallest absolute Gasteiger partial charge is 0.335 e. The van der Waals surface area contributed by atoms with Crippen LogP contribution in [0.5, 0.6) is 0 Å². The lowest BCUT2D eigenvalue weighted by atomic mass is 9.88. The predicted molar refractivity (Wildman–Crippen MR) is 79.4 cm³/mol. The van der Waals surface area contributed by atoms with Crippen LogP contribution in [0.2, 0.25) is 0 Å². The van der Waals surface area contributed by atoms with Crippen molar-refractivity contribution in [2.45, 2.75) is 30.9 Å². The molecule has 0 spiro atoms. The Morgan fingerprint density at radius 2 is 1.95 bits per heavy atom. The zero-order chi connectivity index (χ0) is 16.3. The molecule has 22 heavy (non-hydrogen) atoms. The summed E-state index contributed by atoms with van der Waals surface area (Å²) in [5.74, 6) is -2.81. The molecule has 0 radical (unpaired) electrons. The van der Waals surface area contributed by atoms with Gasteiger partial charge < -0.3 is 26.0 Å². The zero-order valence-corrected chi connectivity index (χ0v) is 11.8. The maximum Gasteiger partial charge on any atom is 0.335 e. The lowest BCUT2D eigenvalue weighted by Crippen LogP contribution is -2.46. The summed E-state index contributed by atoms with van der Waals surface area (Å²) in [6.45, 7) is 0. The Morgan fingerprint density at radius 3 is 2.59 bits per heavy atom. The van der Waals surface area contributed by atoms with Gasteiger partial charge >= 0.3 is 11.9 Å². The number of aliphatic carboxylic acids is 2. The fraction of sp³-hybridized carbons (Fsp3) is 0.333. The van der Waals surface area contributed by atoms with Gasteiger partial charge in [0, 0.05) is 23.5 Å². The highest BCUT2D eigenvalue weighted by molar-refractivity contribution is 5.83. The molecule has 1 aromatic heterocycles. The molecule has 1 aromatic carbocycles. The van der Waals surface area contributed by atoms with Crippen LogP contribution in [0, 0.1) is 0 Å². The Kier molecular flexibility index (Phi) is 4.48. The van der Waals surface area contributed by atoms with Gasteiger partial charge in [-0.15, -0.1) is 0 Å². The summed E-state index contributed by atoms with van der Waals surface area (Å²) < 4.78 is 0. The molecule has 7 nitrogen and oxygen atoms in total. The first kappa shape index (κ1) is 16.0. The number of fused-ring (bicyclic) bond motifs is 1. The van der Waals surface area contributed by atoms with Gasteiger partial charge in [0.15, 0.2) is 5.60 Å². The minimum Gasteiger partial charge on any atom is -0.480 e. The van der Waals surface area contributed by atoms with Crippen molar-refractivity contribution in [1.82, 2.24) is 4.98 Å². The van der Waals surface area contributed by atoms with Gasteiger partial charge in [-0.1, -0.05) is 18.2 Å². The second-order valence-corrected chi connectivity index (χ2v) is 5.35. The Balaban J connectivity index is 2.15. The van der Waals surface area contributed by atoms with Crippen molar-refractivity contribution in [1.29, 1.82) is 0 Å². The number of para-hydroxylation sites is 1. The van der Waals surface area contributed by atoms with E-state index in [-0.39, 0.29) is 6.42 Å². The Hall–Kier alpha value is -2.38. The van der Waals surface area contributed by atoms with E-state index in [1.54, 1.807) is 6.20 Å². The number of aromatic nitrogens is 1. The summed E-state index contributed by atoms with van der Waals surface area (Å²) in [5.41, 5.74) is 4.96. The number of hydrogen-bond donors (Lipinski definition) is 5. The number of aliphatic hydroxyl groups is 1. The molecule has 0 aliphatic heterocycles. The molecule has 1 heterocycles. The number of aromatic amines is 1. The number of nitrogens with one attached hydrogen (secondary N) is 1. The molecule has 2 unspecified atom stereocenters. The Bertz CT molecular complexity index is 696. The van der Waals surface area contributed by atoms with Crippen molar-refractivity contribution in [2.75, 3.05) is 0 Å². The first-order valence-corrected chi connectivity index (χ1v) is 6.82. The van der Waals surface area contributed by atoms with E-state index in [0.717, 1.165) is 16.5 Å². The molecule has 0 bridgehead atoms. The van der Waals surface area contributed by atoms with Crippen LogP contribution in [0.25, 0.3) is 10.9 Å². The number of benzene rings is 1. The van der Waals surface area contributed by atoms with E-state index in [1.807, 2.05) is 24.3 Å². The van der Waals surface area contributed by atoms with Gasteiger partial charge in [0.25, 0.3) is 0 Å². The van der Waals surface area contributed by atoms with Crippen LogP contribution >= 0.6 is 0 Å². The molecule has 7 heteroatoms. The molecule has 0 aliphatic rings. The van der Waals surface area contributed by atoms with Crippen molar-refractivity contribution in [2.24, 2.45) is 5.73 Å². The molecular formula is C15H18N2O5. The molecule has 0 aliphatic carbocycles. The molecule has 2 atom stereocenters. The van der Waals surface area contributed by atoms with Crippen molar-refractivity contribution in [3.8, 4) is 0 Å². The molecular weight excluding hydrogens is 288 g/mol. The molecule has 0 fully saturated rings. The largest absolute Gasteiger partial charge is 0.480 e. The van der Waals surface area contributed by atoms with Gasteiger partial charge in [-0.2, -0.15) is 0 Å². The van der Waals surface area contributed by atoms with Crippen LogP contribution in [0.15, 0.2) is 30.5 Å². The first-order valence-electron chi connectivity index (χ1n) is 6.82. The number of carboxylic acids is 2. The van der Waals surface area contributed by atoms with Crippen LogP contribution in [-0.4, -0.2) is 43.9 Å². The summed E-state index contributed by atoms with van der Waals surface area (Å²) in [5, 5.41) is 29.2. The molecule has 118 valence electrons. The summed E-state index contributed by atoms with van der Waals surface area (Å²) in [6, 6.07) is 6.10. The van der Waals surface area contributed by atoms with Gasteiger partial charge in [0.1, 0.15) is 6.04 Å². The predicted octanol–water partition coefficient (Wildman–Crippen LogP) is 0.718. The van der Waals surface area contributed by atoms with Gasteiger partial charge in [0.2, 0.25) is 0 Å². The second-order valence-electron chi connectivity index (χ2n) is 5.35. The van der Waals surface area contributed by atoms with Gasteiger partial charge in [0.05, 0.1) is 0 Å². The summed E-state index contributed by atoms with van der Waals surface area (Å²) >= 11 is 0. The number of carboxylic acid groups (broad SMARTS) is 2. The van der Waals surface area contributed by atoms with Gasteiger partial charge in [-0.05, 0) is 24.5 Å². The lowest BCUT2D eigenvalue weighted by Gasteiger charge is -2.25. The normalized spacial score (nSPS) is 15.4. The number of carbonyl (C=O) groups is 2. The van der Waals surface area contributed by atoms with Crippen LogP contribution in [-0.2, 0) is 16.0 Å². The lowest BCUT2D eigenvalue weighted by molar-refractivity contribution is -0.161. The molecule has 0 saturated heterocycles. The average Bonchev–Trinajstić information content (AvgIpc) is 2.88. The maximum absolute atomic E-state index is 11.3. The van der Waals surface area contributed by atoms with Gasteiger partial charge in [-0.3, -0.25) is 4.79 Å². The van der Waals surface area contributed by atoms with E-state index in [1.165, 1.54) is 0 Å². The second kappa shape index (κ2) is 6.17. The number of hydrogen-bond acceptors (Lipinski definition) is 4. The molecule has 2 aromatic rings. The fourth-order valence-electron chi connectivity index (χ4n) is 2.43. The zero-order valence-electron chi connectivity index (χ0n) is 11.8. The molecule has 2 rings (SSSR count). The van der Waals surface area contributed by atoms with E-state index >= 15 is 0 Å². The highest BCUT2D eigenvalue weighted by Gasteiger charge is 2.39. The fourth-order valence-corrected chi connectivity index (χ4v) is 2.43. The summed E-state index contributed by atoms with van der Waals surface area (Å²) in [6.07, 6.45) is 1.38. The Morgan fingerprint density at radius 1 is 1.27 bits per heavy atom.